The molecule has 2 aromatic carbocycles. The molecule has 1 saturated heterocycles. The molecular formula is C24H31NO4SSi. The fourth-order valence-electron chi connectivity index (χ4n) is 3.03. The lowest BCUT2D eigenvalue weighted by Gasteiger charge is -2.39. The Morgan fingerprint density at radius 1 is 1.03 bits per heavy atom. The molecular weight excluding hydrogens is 426 g/mol. The minimum Gasteiger partial charge on any atom is -0.491 e. The molecule has 1 aliphatic heterocycles. The van der Waals surface area contributed by atoms with Gasteiger partial charge in [-0.25, -0.2) is 0 Å². The van der Waals surface area contributed by atoms with Gasteiger partial charge in [-0.05, 0) is 47.8 Å². The van der Waals surface area contributed by atoms with Gasteiger partial charge >= 0.3 is 0 Å². The van der Waals surface area contributed by atoms with Crippen molar-refractivity contribution in [1.29, 1.82) is 0 Å². The summed E-state index contributed by atoms with van der Waals surface area (Å²) in [7, 11) is -2.02. The number of imide groups is 1. The summed E-state index contributed by atoms with van der Waals surface area (Å²) in [5.74, 6) is 0.603. The normalized spacial score (nSPS) is 18.0. The van der Waals surface area contributed by atoms with Gasteiger partial charge in [0.25, 0.3) is 5.24 Å². The molecule has 2 aromatic rings. The quantitative estimate of drug-likeness (QED) is 0.513. The van der Waals surface area contributed by atoms with Gasteiger partial charge in [-0.3, -0.25) is 14.9 Å². The average molecular weight is 458 g/mol. The van der Waals surface area contributed by atoms with Crippen LogP contribution in [0.25, 0.3) is 0 Å². The van der Waals surface area contributed by atoms with Gasteiger partial charge in [0.1, 0.15) is 18.5 Å². The van der Waals surface area contributed by atoms with Crippen molar-refractivity contribution < 1.29 is 18.8 Å². The highest BCUT2D eigenvalue weighted by Crippen LogP contribution is 2.40. The first kappa shape index (κ1) is 23.6. The summed E-state index contributed by atoms with van der Waals surface area (Å²) >= 11 is 1.06. The maximum atomic E-state index is 11.9. The maximum Gasteiger partial charge on any atom is 0.286 e. The fraction of sp³-hybridized carbons (Fsp3) is 0.417. The van der Waals surface area contributed by atoms with Crippen molar-refractivity contribution in [3.05, 3.63) is 65.7 Å². The van der Waals surface area contributed by atoms with E-state index in [1.54, 1.807) is 0 Å². The Labute approximate surface area is 190 Å². The molecule has 0 aromatic heterocycles. The van der Waals surface area contributed by atoms with E-state index in [0.29, 0.717) is 13.0 Å². The zero-order chi connectivity index (χ0) is 22.6. The highest BCUT2D eigenvalue weighted by molar-refractivity contribution is 8.15. The van der Waals surface area contributed by atoms with Crippen LogP contribution in [0.1, 0.15) is 38.0 Å². The summed E-state index contributed by atoms with van der Waals surface area (Å²) in [6.07, 6.45) is 0.331. The SMILES string of the molecule is CC(C)(C)[Si](C)(C)OC(COc1ccccc1)c1ccc(CC2SC(=O)NC2=O)cc1. The number of nitrogens with one attached hydrogen (secondary N) is 1. The minimum absolute atomic E-state index is 0.0809. The lowest BCUT2D eigenvalue weighted by Crippen LogP contribution is -2.42. The van der Waals surface area contributed by atoms with Gasteiger partial charge in [0, 0.05) is 0 Å². The van der Waals surface area contributed by atoms with Crippen LogP contribution in [0.2, 0.25) is 18.1 Å². The van der Waals surface area contributed by atoms with E-state index >= 15 is 0 Å². The lowest BCUT2D eigenvalue weighted by molar-refractivity contribution is -0.118. The number of carbonyl (C=O) groups is 2. The molecule has 0 saturated carbocycles. The Hall–Kier alpha value is -2.09. The molecule has 0 aliphatic carbocycles. The number of para-hydroxylation sites is 1. The second kappa shape index (κ2) is 9.59. The van der Waals surface area contributed by atoms with E-state index < -0.39 is 8.32 Å². The van der Waals surface area contributed by atoms with Gasteiger partial charge in [0.2, 0.25) is 5.91 Å². The van der Waals surface area contributed by atoms with Crippen LogP contribution in [0.4, 0.5) is 4.79 Å². The Morgan fingerprint density at radius 3 is 2.23 bits per heavy atom. The first-order valence-electron chi connectivity index (χ1n) is 10.5. The van der Waals surface area contributed by atoms with Gasteiger partial charge in [-0.15, -0.1) is 0 Å². The van der Waals surface area contributed by atoms with E-state index in [-0.39, 0.29) is 27.5 Å². The summed E-state index contributed by atoms with van der Waals surface area (Å²) in [4.78, 5) is 23.3. The number of benzene rings is 2. The van der Waals surface area contributed by atoms with Gasteiger partial charge in [-0.2, -0.15) is 0 Å². The van der Waals surface area contributed by atoms with Gasteiger partial charge in [0.05, 0.1) is 5.25 Å². The van der Waals surface area contributed by atoms with Crippen molar-refractivity contribution in [2.24, 2.45) is 0 Å². The summed E-state index contributed by atoms with van der Waals surface area (Å²) in [5.41, 5.74) is 2.06. The zero-order valence-electron chi connectivity index (χ0n) is 18.8. The highest BCUT2D eigenvalue weighted by atomic mass is 32.2. The zero-order valence-corrected chi connectivity index (χ0v) is 20.6. The van der Waals surface area contributed by atoms with E-state index in [4.69, 9.17) is 9.16 Å². The number of thioether (sulfide) groups is 1. The number of carbonyl (C=O) groups excluding carboxylic acids is 2. The van der Waals surface area contributed by atoms with Gasteiger partial charge in [0.15, 0.2) is 8.32 Å². The molecule has 0 spiro atoms. The van der Waals surface area contributed by atoms with E-state index in [2.05, 4.69) is 39.2 Å². The molecule has 2 atom stereocenters. The van der Waals surface area contributed by atoms with Gasteiger partial charge < -0.3 is 9.16 Å². The molecule has 1 aliphatic rings. The summed E-state index contributed by atoms with van der Waals surface area (Å²) in [5, 5.41) is 1.79. The monoisotopic (exact) mass is 457 g/mol. The topological polar surface area (TPSA) is 64.6 Å². The molecule has 0 bridgehead atoms. The van der Waals surface area contributed by atoms with Crippen LogP contribution < -0.4 is 10.1 Å². The first-order valence-corrected chi connectivity index (χ1v) is 14.3. The van der Waals surface area contributed by atoms with Crippen LogP contribution >= 0.6 is 11.8 Å². The summed E-state index contributed by atoms with van der Waals surface area (Å²) < 4.78 is 12.8. The number of hydrogen-bond acceptors (Lipinski definition) is 5. The average Bonchev–Trinajstić information content (AvgIpc) is 3.02. The third kappa shape index (κ3) is 6.21. The summed E-state index contributed by atoms with van der Waals surface area (Å²) in [6.45, 7) is 11.6. The van der Waals surface area contributed by atoms with E-state index in [9.17, 15) is 9.59 Å². The molecule has 1 heterocycles. The fourth-order valence-corrected chi connectivity index (χ4v) is 5.16. The molecule has 2 amide bonds. The maximum absolute atomic E-state index is 11.9. The van der Waals surface area contributed by atoms with Crippen LogP contribution in [0.15, 0.2) is 54.6 Å². The smallest absolute Gasteiger partial charge is 0.286 e. The second-order valence-electron chi connectivity index (χ2n) is 9.32. The Balaban J connectivity index is 1.75. The largest absolute Gasteiger partial charge is 0.491 e. The van der Waals surface area contributed by atoms with Crippen molar-refractivity contribution in [3.8, 4) is 5.75 Å². The van der Waals surface area contributed by atoms with Crippen molar-refractivity contribution >= 4 is 31.2 Å². The van der Waals surface area contributed by atoms with Crippen molar-refractivity contribution in [3.63, 3.8) is 0 Å². The molecule has 1 N–H and O–H groups in total. The standard InChI is InChI=1S/C24H31NO4SSi/c1-24(2,3)31(4,5)29-20(16-28-19-9-7-6-8-10-19)18-13-11-17(12-14-18)15-21-22(26)25-23(27)30-21/h6-14,20-21H,15-16H2,1-5H3,(H,25,26,27). The second-order valence-corrected chi connectivity index (χ2v) is 15.3. The predicted octanol–water partition coefficient (Wildman–Crippen LogP) is 5.72. The lowest BCUT2D eigenvalue weighted by atomic mass is 10.0. The van der Waals surface area contributed by atoms with Crippen molar-refractivity contribution in [1.82, 2.24) is 5.32 Å². The molecule has 7 heteroatoms. The van der Waals surface area contributed by atoms with Crippen LogP contribution in [0.5, 0.6) is 5.75 Å². The van der Waals surface area contributed by atoms with Crippen LogP contribution in [-0.4, -0.2) is 31.3 Å². The van der Waals surface area contributed by atoms with E-state index in [1.807, 2.05) is 54.6 Å². The van der Waals surface area contributed by atoms with Crippen LogP contribution in [-0.2, 0) is 15.6 Å². The van der Waals surface area contributed by atoms with E-state index in [0.717, 1.165) is 28.6 Å². The third-order valence-corrected chi connectivity index (χ3v) is 11.4. The number of amides is 2. The molecule has 2 unspecified atom stereocenters. The van der Waals surface area contributed by atoms with Crippen molar-refractivity contribution in [2.75, 3.05) is 6.61 Å². The van der Waals surface area contributed by atoms with Crippen LogP contribution in [0.3, 0.4) is 0 Å². The first-order chi connectivity index (χ1) is 14.5. The highest BCUT2D eigenvalue weighted by Gasteiger charge is 2.39. The van der Waals surface area contributed by atoms with E-state index in [1.165, 1.54) is 0 Å². The molecule has 31 heavy (non-hydrogen) atoms. The number of hydrogen-bond donors (Lipinski definition) is 1. The minimum atomic E-state index is -2.02. The Kier molecular flexibility index (Phi) is 7.29. The Bertz CT molecular complexity index is 909. The van der Waals surface area contributed by atoms with Gasteiger partial charge in [-0.1, -0.05) is 75.0 Å². The Morgan fingerprint density at radius 2 is 1.68 bits per heavy atom. The molecule has 3 rings (SSSR count). The molecule has 1 fully saturated rings. The predicted molar refractivity (Wildman–Crippen MR) is 128 cm³/mol. The molecule has 5 nitrogen and oxygen atoms in total. The number of rotatable bonds is 8. The van der Waals surface area contributed by atoms with Crippen molar-refractivity contribution in [2.45, 2.75) is 56.7 Å². The molecule has 166 valence electrons. The summed E-state index contributed by atoms with van der Waals surface area (Å²) in [6, 6.07) is 17.9. The van der Waals surface area contributed by atoms with Crippen LogP contribution in [0, 0.1) is 0 Å². The number of ether oxygens (including phenoxy) is 1. The third-order valence-electron chi connectivity index (χ3n) is 5.93. The molecule has 0 radical (unpaired) electrons.